The largest absolute Gasteiger partial charge is 0.469 e. The van der Waals surface area contributed by atoms with Crippen LogP contribution in [-0.4, -0.2) is 41.8 Å². The first kappa shape index (κ1) is 21.7. The van der Waals surface area contributed by atoms with Crippen molar-refractivity contribution in [3.63, 3.8) is 0 Å². The van der Waals surface area contributed by atoms with Crippen molar-refractivity contribution in [2.24, 2.45) is 11.8 Å². The second-order valence-corrected chi connectivity index (χ2v) is 9.58. The van der Waals surface area contributed by atoms with E-state index in [2.05, 4.69) is 31.2 Å². The Bertz CT molecular complexity index is 703. The molecule has 5 heteroatoms. The van der Waals surface area contributed by atoms with E-state index in [9.17, 15) is 9.59 Å². The highest BCUT2D eigenvalue weighted by Gasteiger charge is 2.49. The second-order valence-electron chi connectivity index (χ2n) is 9.58. The maximum atomic E-state index is 13.1. The molecule has 1 aromatic rings. The molecule has 0 aromatic heterocycles. The van der Waals surface area contributed by atoms with Gasteiger partial charge in [-0.15, -0.1) is 0 Å². The summed E-state index contributed by atoms with van der Waals surface area (Å²) in [5.74, 6) is 0.640. The van der Waals surface area contributed by atoms with Gasteiger partial charge in [0.05, 0.1) is 13.0 Å². The number of benzene rings is 1. The van der Waals surface area contributed by atoms with Crippen LogP contribution in [0, 0.1) is 11.8 Å². The predicted octanol–water partition coefficient (Wildman–Crippen LogP) is 5.15. The van der Waals surface area contributed by atoms with E-state index in [1.807, 2.05) is 31.7 Å². The van der Waals surface area contributed by atoms with E-state index in [0.29, 0.717) is 11.8 Å². The van der Waals surface area contributed by atoms with Crippen LogP contribution in [0.2, 0.25) is 0 Å². The number of methoxy groups -OCH3 is 1. The van der Waals surface area contributed by atoms with E-state index >= 15 is 0 Å². The van der Waals surface area contributed by atoms with Crippen LogP contribution < -0.4 is 0 Å². The Morgan fingerprint density at radius 1 is 1.07 bits per heavy atom. The quantitative estimate of drug-likeness (QED) is 0.641. The molecule has 1 aromatic carbocycles. The Kier molecular flexibility index (Phi) is 6.55. The zero-order valence-electron chi connectivity index (χ0n) is 18.4. The fraction of sp³-hybridized carbons (Fsp3) is 0.667. The summed E-state index contributed by atoms with van der Waals surface area (Å²) in [7, 11) is 1.46. The molecule has 29 heavy (non-hydrogen) atoms. The lowest BCUT2D eigenvalue weighted by atomic mass is 9.78. The molecule has 3 atom stereocenters. The summed E-state index contributed by atoms with van der Waals surface area (Å²) in [6.45, 7) is 7.89. The van der Waals surface area contributed by atoms with Gasteiger partial charge in [-0.3, -0.25) is 4.79 Å². The summed E-state index contributed by atoms with van der Waals surface area (Å²) < 4.78 is 10.7. The van der Waals surface area contributed by atoms with Gasteiger partial charge in [-0.25, -0.2) is 4.79 Å². The van der Waals surface area contributed by atoms with E-state index in [1.165, 1.54) is 12.7 Å². The molecule has 2 fully saturated rings. The zero-order valence-corrected chi connectivity index (χ0v) is 18.4. The molecule has 0 bridgehead atoms. The number of carbonyl (C=O) groups excluding carboxylic acids is 2. The molecule has 0 heterocycles. The van der Waals surface area contributed by atoms with Gasteiger partial charge in [0.25, 0.3) is 0 Å². The summed E-state index contributed by atoms with van der Waals surface area (Å²) in [4.78, 5) is 27.0. The number of ether oxygens (including phenoxy) is 2. The average Bonchev–Trinajstić information content (AvgIpc) is 3.47. The molecule has 0 radical (unpaired) electrons. The molecular weight excluding hydrogens is 366 g/mol. The Labute approximate surface area is 174 Å². The maximum Gasteiger partial charge on any atom is 0.410 e. The number of rotatable bonds is 5. The zero-order chi connectivity index (χ0) is 21.2. The fourth-order valence-corrected chi connectivity index (χ4v) is 4.70. The molecule has 1 amide bonds. The summed E-state index contributed by atoms with van der Waals surface area (Å²) in [5.41, 5.74) is 0.766. The fourth-order valence-electron chi connectivity index (χ4n) is 4.70. The third-order valence-corrected chi connectivity index (χ3v) is 6.37. The lowest BCUT2D eigenvalue weighted by Gasteiger charge is -2.39. The van der Waals surface area contributed by atoms with E-state index in [4.69, 9.17) is 9.47 Å². The number of hydrogen-bond acceptors (Lipinski definition) is 4. The number of nitrogens with zero attached hydrogens (tertiary/aromatic N) is 1. The molecule has 0 unspecified atom stereocenters. The van der Waals surface area contributed by atoms with Crippen LogP contribution in [-0.2, 0) is 14.3 Å². The van der Waals surface area contributed by atoms with Gasteiger partial charge in [0, 0.05) is 18.0 Å². The molecule has 2 aliphatic rings. The lowest BCUT2D eigenvalue weighted by Crippen LogP contribution is -2.48. The standard InChI is InChI=1S/C24H35NO4/c1-16(17-11-13-19(14-12-17)22(26)28-5)25(23(27)29-24(2,3)4)21-15-20(21)18-9-7-6-8-10-18/h6-10,16-17,19-21H,11-15H2,1-5H3/t16-,17?,19?,20+,21+/m0/s1. The number of esters is 1. The van der Waals surface area contributed by atoms with Gasteiger partial charge in [-0.2, -0.15) is 0 Å². The van der Waals surface area contributed by atoms with Crippen LogP contribution in [0.5, 0.6) is 0 Å². The first-order chi connectivity index (χ1) is 13.7. The van der Waals surface area contributed by atoms with Crippen molar-refractivity contribution in [2.75, 3.05) is 7.11 Å². The maximum absolute atomic E-state index is 13.1. The highest BCUT2D eigenvalue weighted by Crippen LogP contribution is 2.47. The molecule has 160 valence electrons. The van der Waals surface area contributed by atoms with Crippen molar-refractivity contribution >= 4 is 12.1 Å². The van der Waals surface area contributed by atoms with Gasteiger partial charge < -0.3 is 14.4 Å². The Balaban J connectivity index is 1.72. The number of amides is 1. The van der Waals surface area contributed by atoms with Crippen LogP contribution in [0.4, 0.5) is 4.79 Å². The van der Waals surface area contributed by atoms with Crippen LogP contribution in [0.3, 0.4) is 0 Å². The van der Waals surface area contributed by atoms with Crippen LogP contribution in [0.25, 0.3) is 0 Å². The third kappa shape index (κ3) is 5.31. The highest BCUT2D eigenvalue weighted by atomic mass is 16.6. The molecule has 5 nitrogen and oxygen atoms in total. The number of hydrogen-bond donors (Lipinski definition) is 0. The molecule has 0 aliphatic heterocycles. The Morgan fingerprint density at radius 3 is 2.24 bits per heavy atom. The molecule has 2 aliphatic carbocycles. The minimum atomic E-state index is -0.519. The van der Waals surface area contributed by atoms with Crippen molar-refractivity contribution in [3.05, 3.63) is 35.9 Å². The highest BCUT2D eigenvalue weighted by molar-refractivity contribution is 5.72. The van der Waals surface area contributed by atoms with Crippen molar-refractivity contribution in [2.45, 2.75) is 83.4 Å². The third-order valence-electron chi connectivity index (χ3n) is 6.37. The normalized spacial score (nSPS) is 27.6. The first-order valence-corrected chi connectivity index (χ1v) is 10.9. The molecular formula is C24H35NO4. The van der Waals surface area contributed by atoms with E-state index in [1.54, 1.807) is 0 Å². The predicted molar refractivity (Wildman–Crippen MR) is 113 cm³/mol. The van der Waals surface area contributed by atoms with E-state index in [-0.39, 0.29) is 30.1 Å². The molecule has 3 rings (SSSR count). The first-order valence-electron chi connectivity index (χ1n) is 10.9. The minimum absolute atomic E-state index is 0.00332. The van der Waals surface area contributed by atoms with Gasteiger partial charge in [-0.05, 0) is 71.3 Å². The van der Waals surface area contributed by atoms with Gasteiger partial charge in [0.1, 0.15) is 5.60 Å². The Morgan fingerprint density at radius 2 is 1.69 bits per heavy atom. The molecule has 2 saturated carbocycles. The smallest absolute Gasteiger partial charge is 0.410 e. The van der Waals surface area contributed by atoms with E-state index < -0.39 is 5.60 Å². The summed E-state index contributed by atoms with van der Waals surface area (Å²) in [5, 5.41) is 0. The monoisotopic (exact) mass is 401 g/mol. The van der Waals surface area contributed by atoms with Gasteiger partial charge >= 0.3 is 12.1 Å². The van der Waals surface area contributed by atoms with Crippen molar-refractivity contribution in [3.8, 4) is 0 Å². The molecule has 0 N–H and O–H groups in total. The van der Waals surface area contributed by atoms with Gasteiger partial charge in [0.15, 0.2) is 0 Å². The minimum Gasteiger partial charge on any atom is -0.469 e. The van der Waals surface area contributed by atoms with Crippen molar-refractivity contribution in [1.29, 1.82) is 0 Å². The SMILES string of the molecule is COC(=O)C1CCC([C@H](C)N(C(=O)OC(C)(C)C)[C@@H]2C[C@@H]2c2ccccc2)CC1. The average molecular weight is 402 g/mol. The summed E-state index contributed by atoms with van der Waals surface area (Å²) in [6.07, 6.45) is 4.29. The topological polar surface area (TPSA) is 55.8 Å². The molecule has 0 saturated heterocycles. The van der Waals surface area contributed by atoms with E-state index in [0.717, 1.165) is 32.1 Å². The van der Waals surface area contributed by atoms with Crippen LogP contribution in [0.15, 0.2) is 30.3 Å². The Hall–Kier alpha value is -2.04. The lowest BCUT2D eigenvalue weighted by molar-refractivity contribution is -0.147. The summed E-state index contributed by atoms with van der Waals surface area (Å²) >= 11 is 0. The van der Waals surface area contributed by atoms with Crippen molar-refractivity contribution < 1.29 is 19.1 Å². The van der Waals surface area contributed by atoms with Crippen LogP contribution in [0.1, 0.15) is 71.3 Å². The van der Waals surface area contributed by atoms with Gasteiger partial charge in [0.2, 0.25) is 0 Å². The second kappa shape index (κ2) is 8.76. The number of carbonyl (C=O) groups is 2. The van der Waals surface area contributed by atoms with Crippen molar-refractivity contribution in [1.82, 2.24) is 4.90 Å². The van der Waals surface area contributed by atoms with Crippen LogP contribution >= 0.6 is 0 Å². The van der Waals surface area contributed by atoms with Gasteiger partial charge in [-0.1, -0.05) is 30.3 Å². The molecule has 0 spiro atoms. The summed E-state index contributed by atoms with van der Waals surface area (Å²) in [6, 6.07) is 10.7.